The SMILES string of the molecule is CCCCNS(=O)(=O)c1ccc2ncoc2c1. The standard InChI is InChI=1S/C11H14N2O3S/c1-2-3-6-13-17(14,15)9-4-5-10-11(7-9)16-8-12-10/h4-5,7-8,13H,2-3,6H2,1H3. The molecule has 1 aromatic heterocycles. The highest BCUT2D eigenvalue weighted by atomic mass is 32.2. The first-order chi connectivity index (χ1) is 8.13. The van der Waals surface area contributed by atoms with Gasteiger partial charge in [0.05, 0.1) is 4.90 Å². The third kappa shape index (κ3) is 2.65. The highest BCUT2D eigenvalue weighted by molar-refractivity contribution is 7.89. The lowest BCUT2D eigenvalue weighted by Gasteiger charge is -2.05. The molecule has 1 heterocycles. The molecule has 0 aliphatic rings. The second-order valence-electron chi connectivity index (χ2n) is 3.73. The van der Waals surface area contributed by atoms with Crippen molar-refractivity contribution in [3.63, 3.8) is 0 Å². The Hall–Kier alpha value is -1.40. The van der Waals surface area contributed by atoms with Gasteiger partial charge in [0, 0.05) is 12.6 Å². The minimum Gasteiger partial charge on any atom is -0.443 e. The fourth-order valence-corrected chi connectivity index (χ4v) is 2.56. The molecular weight excluding hydrogens is 240 g/mol. The number of rotatable bonds is 5. The number of unbranched alkanes of at least 4 members (excludes halogenated alkanes) is 1. The summed E-state index contributed by atoms with van der Waals surface area (Å²) in [5.74, 6) is 0. The summed E-state index contributed by atoms with van der Waals surface area (Å²) in [6, 6.07) is 4.64. The lowest BCUT2D eigenvalue weighted by molar-refractivity contribution is 0.576. The molecule has 5 nitrogen and oxygen atoms in total. The number of fused-ring (bicyclic) bond motifs is 1. The van der Waals surface area contributed by atoms with Gasteiger partial charge in [-0.05, 0) is 18.6 Å². The first kappa shape index (κ1) is 12.1. The van der Waals surface area contributed by atoms with Crippen LogP contribution in [0.1, 0.15) is 19.8 Å². The molecule has 1 aromatic carbocycles. The van der Waals surface area contributed by atoms with E-state index in [2.05, 4.69) is 9.71 Å². The Bertz CT molecular complexity index is 604. The molecule has 0 aliphatic heterocycles. The Morgan fingerprint density at radius 1 is 1.41 bits per heavy atom. The number of sulfonamides is 1. The van der Waals surface area contributed by atoms with Gasteiger partial charge in [-0.1, -0.05) is 13.3 Å². The summed E-state index contributed by atoms with van der Waals surface area (Å²) in [5.41, 5.74) is 1.13. The van der Waals surface area contributed by atoms with Crippen molar-refractivity contribution in [2.45, 2.75) is 24.7 Å². The molecule has 0 bridgehead atoms. The fraction of sp³-hybridized carbons (Fsp3) is 0.364. The maximum atomic E-state index is 11.9. The van der Waals surface area contributed by atoms with Crippen LogP contribution in [0.4, 0.5) is 0 Å². The molecule has 6 heteroatoms. The van der Waals surface area contributed by atoms with E-state index in [0.29, 0.717) is 17.6 Å². The summed E-state index contributed by atoms with van der Waals surface area (Å²) in [5, 5.41) is 0. The lowest BCUT2D eigenvalue weighted by Crippen LogP contribution is -2.24. The second-order valence-corrected chi connectivity index (χ2v) is 5.50. The quantitative estimate of drug-likeness (QED) is 0.827. The molecule has 0 saturated carbocycles. The van der Waals surface area contributed by atoms with Crippen LogP contribution in [0.3, 0.4) is 0 Å². The number of benzene rings is 1. The van der Waals surface area contributed by atoms with Crippen molar-refractivity contribution in [2.24, 2.45) is 0 Å². The summed E-state index contributed by atoms with van der Waals surface area (Å²) < 4.78 is 31.4. The van der Waals surface area contributed by atoms with E-state index in [9.17, 15) is 8.42 Å². The van der Waals surface area contributed by atoms with E-state index in [0.717, 1.165) is 12.8 Å². The molecule has 0 radical (unpaired) electrons. The predicted octanol–water partition coefficient (Wildman–Crippen LogP) is 1.91. The summed E-state index contributed by atoms with van der Waals surface area (Å²) in [7, 11) is -3.44. The minimum atomic E-state index is -3.44. The predicted molar refractivity (Wildman–Crippen MR) is 64.1 cm³/mol. The van der Waals surface area contributed by atoms with Crippen LogP contribution in [-0.4, -0.2) is 19.9 Å². The molecular formula is C11H14N2O3S. The van der Waals surface area contributed by atoms with E-state index >= 15 is 0 Å². The van der Waals surface area contributed by atoms with Crippen molar-refractivity contribution in [1.29, 1.82) is 0 Å². The van der Waals surface area contributed by atoms with E-state index in [1.807, 2.05) is 6.92 Å². The van der Waals surface area contributed by atoms with Crippen LogP contribution in [0.5, 0.6) is 0 Å². The maximum absolute atomic E-state index is 11.9. The number of nitrogens with one attached hydrogen (secondary N) is 1. The molecule has 0 aliphatic carbocycles. The first-order valence-corrected chi connectivity index (χ1v) is 6.95. The van der Waals surface area contributed by atoms with Gasteiger partial charge in [0.2, 0.25) is 10.0 Å². The Labute approximate surface area is 99.9 Å². The van der Waals surface area contributed by atoms with Crippen molar-refractivity contribution in [3.05, 3.63) is 24.6 Å². The Balaban J connectivity index is 2.25. The summed E-state index contributed by atoms with van der Waals surface area (Å²) >= 11 is 0. The van der Waals surface area contributed by atoms with Crippen LogP contribution in [0.25, 0.3) is 11.1 Å². The Morgan fingerprint density at radius 3 is 3.00 bits per heavy atom. The van der Waals surface area contributed by atoms with E-state index < -0.39 is 10.0 Å². The van der Waals surface area contributed by atoms with Crippen LogP contribution in [0, 0.1) is 0 Å². The van der Waals surface area contributed by atoms with Crippen LogP contribution in [0.15, 0.2) is 33.9 Å². The smallest absolute Gasteiger partial charge is 0.240 e. The highest BCUT2D eigenvalue weighted by Crippen LogP contribution is 2.17. The van der Waals surface area contributed by atoms with Gasteiger partial charge < -0.3 is 4.42 Å². The summed E-state index contributed by atoms with van der Waals surface area (Å²) in [4.78, 5) is 4.14. The van der Waals surface area contributed by atoms with Crippen molar-refractivity contribution in [1.82, 2.24) is 9.71 Å². The van der Waals surface area contributed by atoms with E-state index in [1.165, 1.54) is 18.5 Å². The number of hydrogen-bond acceptors (Lipinski definition) is 4. The topological polar surface area (TPSA) is 72.2 Å². The molecule has 92 valence electrons. The largest absolute Gasteiger partial charge is 0.443 e. The molecule has 0 atom stereocenters. The van der Waals surface area contributed by atoms with Gasteiger partial charge in [-0.3, -0.25) is 0 Å². The zero-order valence-electron chi connectivity index (χ0n) is 9.51. The van der Waals surface area contributed by atoms with Gasteiger partial charge in [-0.2, -0.15) is 0 Å². The molecule has 0 unspecified atom stereocenters. The molecule has 0 amide bonds. The number of nitrogens with zero attached hydrogens (tertiary/aromatic N) is 1. The monoisotopic (exact) mass is 254 g/mol. The van der Waals surface area contributed by atoms with Crippen LogP contribution >= 0.6 is 0 Å². The van der Waals surface area contributed by atoms with Crippen LogP contribution in [-0.2, 0) is 10.0 Å². The van der Waals surface area contributed by atoms with Crippen molar-refractivity contribution < 1.29 is 12.8 Å². The zero-order chi connectivity index (χ0) is 12.3. The molecule has 1 N–H and O–H groups in total. The van der Waals surface area contributed by atoms with Gasteiger partial charge in [-0.15, -0.1) is 0 Å². The molecule has 2 rings (SSSR count). The number of oxazole rings is 1. The average Bonchev–Trinajstić information content (AvgIpc) is 2.76. The maximum Gasteiger partial charge on any atom is 0.240 e. The number of aromatic nitrogens is 1. The van der Waals surface area contributed by atoms with Gasteiger partial charge in [0.15, 0.2) is 12.0 Å². The van der Waals surface area contributed by atoms with Crippen molar-refractivity contribution in [2.75, 3.05) is 6.54 Å². The molecule has 0 spiro atoms. The molecule has 17 heavy (non-hydrogen) atoms. The van der Waals surface area contributed by atoms with Crippen LogP contribution in [0.2, 0.25) is 0 Å². The van der Waals surface area contributed by atoms with Gasteiger partial charge in [0.1, 0.15) is 5.52 Å². The third-order valence-corrected chi connectivity index (χ3v) is 3.89. The van der Waals surface area contributed by atoms with E-state index in [-0.39, 0.29) is 4.90 Å². The van der Waals surface area contributed by atoms with E-state index in [1.54, 1.807) is 6.07 Å². The fourth-order valence-electron chi connectivity index (χ4n) is 1.47. The molecule has 0 saturated heterocycles. The Kier molecular flexibility index (Phi) is 3.44. The normalized spacial score (nSPS) is 12.1. The summed E-state index contributed by atoms with van der Waals surface area (Å²) in [6.45, 7) is 2.46. The number of hydrogen-bond donors (Lipinski definition) is 1. The Morgan fingerprint density at radius 2 is 2.24 bits per heavy atom. The van der Waals surface area contributed by atoms with Gasteiger partial charge in [0.25, 0.3) is 0 Å². The highest BCUT2D eigenvalue weighted by Gasteiger charge is 2.14. The zero-order valence-corrected chi connectivity index (χ0v) is 10.3. The molecule has 2 aromatic rings. The van der Waals surface area contributed by atoms with Crippen LogP contribution < -0.4 is 4.72 Å². The van der Waals surface area contributed by atoms with Crippen molar-refractivity contribution >= 4 is 21.1 Å². The average molecular weight is 254 g/mol. The summed E-state index contributed by atoms with van der Waals surface area (Å²) in [6.07, 6.45) is 3.07. The first-order valence-electron chi connectivity index (χ1n) is 5.46. The van der Waals surface area contributed by atoms with E-state index in [4.69, 9.17) is 4.42 Å². The third-order valence-electron chi connectivity index (χ3n) is 2.44. The lowest BCUT2D eigenvalue weighted by atomic mass is 10.3. The second kappa shape index (κ2) is 4.85. The minimum absolute atomic E-state index is 0.206. The van der Waals surface area contributed by atoms with Crippen molar-refractivity contribution in [3.8, 4) is 0 Å². The van der Waals surface area contributed by atoms with Gasteiger partial charge >= 0.3 is 0 Å². The van der Waals surface area contributed by atoms with Gasteiger partial charge in [-0.25, -0.2) is 18.1 Å². The molecule has 0 fully saturated rings.